The van der Waals surface area contributed by atoms with Crippen molar-refractivity contribution in [2.24, 2.45) is 0 Å². The largest absolute Gasteiger partial charge is 0.462 e. The fourth-order valence-corrected chi connectivity index (χ4v) is 7.73. The Kier molecular flexibility index (Phi) is 48.1. The monoisotopic (exact) mass is 880 g/mol. The highest BCUT2D eigenvalue weighted by atomic mass is 16.5. The Balaban J connectivity index is 4.49. The third kappa shape index (κ3) is 45.7. The number of aliphatic hydroxyl groups excluding tert-OH is 2. The topological polar surface area (TPSA) is 95.9 Å². The normalized spacial score (nSPS) is 13.8. The molecule has 0 aliphatic heterocycles. The molecule has 0 saturated carbocycles. The van der Waals surface area contributed by atoms with E-state index in [0.717, 1.165) is 109 Å². The Hall–Kier alpha value is -2.70. The van der Waals surface area contributed by atoms with E-state index in [1.54, 1.807) is 0 Å². The number of allylic oxidation sites excluding steroid dienone is 12. The van der Waals surface area contributed by atoms with Gasteiger partial charge in [-0.15, -0.1) is 0 Å². The number of hydrogen-bond donors (Lipinski definition) is 3. The van der Waals surface area contributed by atoms with Gasteiger partial charge in [0.1, 0.15) is 6.10 Å². The van der Waals surface area contributed by atoms with Crippen molar-refractivity contribution in [1.82, 2.24) is 5.32 Å². The zero-order chi connectivity index (χ0) is 45.9. The fourth-order valence-electron chi connectivity index (χ4n) is 7.73. The van der Waals surface area contributed by atoms with Crippen LogP contribution < -0.4 is 5.32 Å². The zero-order valence-electron chi connectivity index (χ0n) is 41.4. The molecule has 0 aromatic rings. The van der Waals surface area contributed by atoms with Gasteiger partial charge >= 0.3 is 5.97 Å². The molecule has 0 radical (unpaired) electrons. The summed E-state index contributed by atoms with van der Waals surface area (Å²) in [5.41, 5.74) is 0. The van der Waals surface area contributed by atoms with Crippen LogP contribution in [0.2, 0.25) is 0 Å². The zero-order valence-corrected chi connectivity index (χ0v) is 41.4. The smallest absolute Gasteiger partial charge is 0.306 e. The molecule has 0 spiro atoms. The van der Waals surface area contributed by atoms with Gasteiger partial charge in [-0.05, 0) is 89.9 Å². The van der Waals surface area contributed by atoms with E-state index in [-0.39, 0.29) is 24.9 Å². The van der Waals surface area contributed by atoms with E-state index in [9.17, 15) is 19.8 Å². The lowest BCUT2D eigenvalue weighted by atomic mass is 10.0. The van der Waals surface area contributed by atoms with Crippen molar-refractivity contribution in [2.75, 3.05) is 6.61 Å². The average Bonchev–Trinajstić information content (AvgIpc) is 3.28. The first-order valence-electron chi connectivity index (χ1n) is 26.7. The minimum Gasteiger partial charge on any atom is -0.462 e. The van der Waals surface area contributed by atoms with Gasteiger partial charge in [0.2, 0.25) is 5.91 Å². The molecule has 364 valence electrons. The SMILES string of the molecule is CC/C=C\C/C=C\C/C=C\C/C=C\C/C=C\CCCCCC(=O)OC(CCCCC/C=C\CCCC)CC(=O)NC(CO)C(O)CCCCCCCCCCCCCCCCCC. The second-order valence-electron chi connectivity index (χ2n) is 17.9. The van der Waals surface area contributed by atoms with E-state index in [1.807, 2.05) is 0 Å². The van der Waals surface area contributed by atoms with Gasteiger partial charge in [0, 0.05) is 6.42 Å². The molecule has 63 heavy (non-hydrogen) atoms. The molecule has 0 fully saturated rings. The van der Waals surface area contributed by atoms with E-state index >= 15 is 0 Å². The summed E-state index contributed by atoms with van der Waals surface area (Å²) in [5, 5.41) is 23.8. The van der Waals surface area contributed by atoms with E-state index in [4.69, 9.17) is 4.74 Å². The molecule has 3 N–H and O–H groups in total. The van der Waals surface area contributed by atoms with Gasteiger partial charge in [0.15, 0.2) is 0 Å². The van der Waals surface area contributed by atoms with Crippen LogP contribution in [0.4, 0.5) is 0 Å². The van der Waals surface area contributed by atoms with Crippen LogP contribution in [0.15, 0.2) is 72.9 Å². The number of rotatable bonds is 47. The lowest BCUT2D eigenvalue weighted by molar-refractivity contribution is -0.151. The van der Waals surface area contributed by atoms with Gasteiger partial charge in [-0.1, -0.05) is 222 Å². The van der Waals surface area contributed by atoms with Crippen molar-refractivity contribution in [1.29, 1.82) is 0 Å². The first kappa shape index (κ1) is 60.3. The molecule has 0 aromatic heterocycles. The Labute approximate surface area is 390 Å². The molecule has 3 unspecified atom stereocenters. The minimum absolute atomic E-state index is 0.0506. The summed E-state index contributed by atoms with van der Waals surface area (Å²) in [4.78, 5) is 26.1. The lowest BCUT2D eigenvalue weighted by Crippen LogP contribution is -2.46. The number of carbonyl (C=O) groups excluding carboxylic acids is 2. The van der Waals surface area contributed by atoms with Crippen LogP contribution in [0.3, 0.4) is 0 Å². The summed E-state index contributed by atoms with van der Waals surface area (Å²) < 4.78 is 5.90. The van der Waals surface area contributed by atoms with Crippen LogP contribution in [0.5, 0.6) is 0 Å². The standard InChI is InChI=1S/C57H101NO5/c1-4-7-10-13-16-19-21-23-25-27-28-29-31-33-35-38-41-44-47-50-57(62)63-53(48-45-42-39-36-18-15-12-9-6-3)51-56(61)58-54(52-59)55(60)49-46-43-40-37-34-32-30-26-24-22-20-17-14-11-8-5-2/h7,10,15-16,18-19,23,25,28-29,33,35,53-55,59-60H,4-6,8-9,11-14,17,20-22,24,26-27,30-32,34,36-52H2,1-3H3,(H,58,61)/b10-7-,18-15-,19-16-,25-23-,29-28-,35-33-. The molecule has 0 bridgehead atoms. The van der Waals surface area contributed by atoms with E-state index < -0.39 is 18.2 Å². The molecule has 3 atom stereocenters. The third-order valence-electron chi connectivity index (χ3n) is 11.8. The average molecular weight is 880 g/mol. The summed E-state index contributed by atoms with van der Waals surface area (Å²) in [6.07, 6.45) is 64.0. The highest BCUT2D eigenvalue weighted by Gasteiger charge is 2.24. The molecule has 1 amide bonds. The van der Waals surface area contributed by atoms with E-state index in [0.29, 0.717) is 19.3 Å². The molecule has 0 rings (SSSR count). The molecule has 6 nitrogen and oxygen atoms in total. The number of ether oxygens (including phenoxy) is 1. The van der Waals surface area contributed by atoms with Crippen molar-refractivity contribution in [3.8, 4) is 0 Å². The van der Waals surface area contributed by atoms with Crippen molar-refractivity contribution in [3.05, 3.63) is 72.9 Å². The number of amides is 1. The van der Waals surface area contributed by atoms with Gasteiger partial charge in [-0.3, -0.25) is 9.59 Å². The maximum Gasteiger partial charge on any atom is 0.306 e. The van der Waals surface area contributed by atoms with Crippen LogP contribution in [-0.4, -0.2) is 46.9 Å². The first-order valence-corrected chi connectivity index (χ1v) is 26.7. The van der Waals surface area contributed by atoms with Crippen LogP contribution >= 0.6 is 0 Å². The quantitative estimate of drug-likeness (QED) is 0.0321. The van der Waals surface area contributed by atoms with Crippen molar-refractivity contribution >= 4 is 11.9 Å². The molecule has 0 aliphatic rings. The van der Waals surface area contributed by atoms with E-state index in [2.05, 4.69) is 99.0 Å². The molecule has 0 saturated heterocycles. The number of esters is 1. The second kappa shape index (κ2) is 50.3. The molecular formula is C57H101NO5. The minimum atomic E-state index is -0.799. The lowest BCUT2D eigenvalue weighted by Gasteiger charge is -2.24. The van der Waals surface area contributed by atoms with Gasteiger partial charge in [0.25, 0.3) is 0 Å². The number of aliphatic hydroxyl groups is 2. The van der Waals surface area contributed by atoms with Crippen LogP contribution in [-0.2, 0) is 14.3 Å². The van der Waals surface area contributed by atoms with Gasteiger partial charge < -0.3 is 20.3 Å². The van der Waals surface area contributed by atoms with Crippen molar-refractivity contribution in [2.45, 2.75) is 270 Å². The summed E-state index contributed by atoms with van der Waals surface area (Å²) in [6.45, 7) is 6.32. The highest BCUT2D eigenvalue weighted by Crippen LogP contribution is 2.17. The second-order valence-corrected chi connectivity index (χ2v) is 17.9. The fraction of sp³-hybridized carbons (Fsp3) is 0.754. The summed E-state index contributed by atoms with van der Waals surface area (Å²) in [7, 11) is 0. The molecular weight excluding hydrogens is 779 g/mol. The van der Waals surface area contributed by atoms with Crippen molar-refractivity contribution < 1.29 is 24.5 Å². The summed E-state index contributed by atoms with van der Waals surface area (Å²) in [5.74, 6) is -0.530. The predicted molar refractivity (Wildman–Crippen MR) is 273 cm³/mol. The molecule has 0 aliphatic carbocycles. The molecule has 0 heterocycles. The van der Waals surface area contributed by atoms with Gasteiger partial charge in [0.05, 0.1) is 25.2 Å². The van der Waals surface area contributed by atoms with Crippen LogP contribution in [0.25, 0.3) is 0 Å². The molecule has 6 heteroatoms. The van der Waals surface area contributed by atoms with Crippen molar-refractivity contribution in [3.63, 3.8) is 0 Å². The third-order valence-corrected chi connectivity index (χ3v) is 11.8. The molecule has 0 aromatic carbocycles. The summed E-state index contributed by atoms with van der Waals surface area (Å²) in [6, 6.07) is -0.715. The Bertz CT molecular complexity index is 1170. The van der Waals surface area contributed by atoms with Crippen LogP contribution in [0.1, 0.15) is 252 Å². The van der Waals surface area contributed by atoms with Crippen LogP contribution in [0, 0.1) is 0 Å². The Morgan fingerprint density at radius 1 is 0.476 bits per heavy atom. The first-order chi connectivity index (χ1) is 31.0. The summed E-state index contributed by atoms with van der Waals surface area (Å²) >= 11 is 0. The number of unbranched alkanes of at least 4 members (excludes halogenated alkanes) is 23. The number of carbonyl (C=O) groups is 2. The number of hydrogen-bond acceptors (Lipinski definition) is 5. The van der Waals surface area contributed by atoms with Gasteiger partial charge in [-0.25, -0.2) is 0 Å². The predicted octanol–water partition coefficient (Wildman–Crippen LogP) is 16.2. The van der Waals surface area contributed by atoms with Gasteiger partial charge in [-0.2, -0.15) is 0 Å². The number of nitrogens with one attached hydrogen (secondary N) is 1. The Morgan fingerprint density at radius 3 is 1.37 bits per heavy atom. The highest BCUT2D eigenvalue weighted by molar-refractivity contribution is 5.77. The maximum absolute atomic E-state index is 13.2. The Morgan fingerprint density at radius 2 is 0.873 bits per heavy atom. The maximum atomic E-state index is 13.2. The van der Waals surface area contributed by atoms with E-state index in [1.165, 1.54) is 96.3 Å².